The number of nitrogens with zero attached hydrogens (tertiary/aromatic N) is 1. The average Bonchev–Trinajstić information content (AvgIpc) is 3.31. The topological polar surface area (TPSA) is 49.4 Å². The molecule has 1 N–H and O–H groups in total. The zero-order chi connectivity index (χ0) is 22.3. The van der Waals surface area contributed by atoms with Gasteiger partial charge in [0.15, 0.2) is 0 Å². The van der Waals surface area contributed by atoms with Gasteiger partial charge in [-0.05, 0) is 60.7 Å². The first kappa shape index (κ1) is 20.9. The van der Waals surface area contributed by atoms with Crippen LogP contribution in [0.4, 0.5) is 24.5 Å². The summed E-state index contributed by atoms with van der Waals surface area (Å²) in [5.74, 6) is -1.13. The molecule has 2 amide bonds. The lowest BCUT2D eigenvalue weighted by Gasteiger charge is -2.19. The number of benzene rings is 2. The minimum atomic E-state index is -4.52. The van der Waals surface area contributed by atoms with Gasteiger partial charge in [-0.25, -0.2) is 4.90 Å². The molecule has 0 radical (unpaired) electrons. The van der Waals surface area contributed by atoms with E-state index in [2.05, 4.69) is 5.32 Å². The molecular formula is C23H17F3N2O2S. The molecule has 0 aliphatic carbocycles. The van der Waals surface area contributed by atoms with Gasteiger partial charge in [0.05, 0.1) is 16.8 Å². The number of alkyl halides is 3. The van der Waals surface area contributed by atoms with Gasteiger partial charge in [0.25, 0.3) is 11.8 Å². The van der Waals surface area contributed by atoms with Crippen molar-refractivity contribution in [3.63, 3.8) is 0 Å². The van der Waals surface area contributed by atoms with E-state index in [1.807, 2.05) is 19.9 Å². The third-order valence-electron chi connectivity index (χ3n) is 5.13. The summed E-state index contributed by atoms with van der Waals surface area (Å²) in [6.07, 6.45) is -4.52. The van der Waals surface area contributed by atoms with Crippen molar-refractivity contribution in [1.29, 1.82) is 0 Å². The molecule has 0 fully saturated rings. The van der Waals surface area contributed by atoms with Gasteiger partial charge in [0.1, 0.15) is 5.70 Å². The molecule has 0 unspecified atom stereocenters. The number of imide groups is 1. The number of thiophene rings is 1. The Morgan fingerprint density at radius 3 is 2.35 bits per heavy atom. The quantitative estimate of drug-likeness (QED) is 0.521. The maximum Gasteiger partial charge on any atom is 0.416 e. The minimum Gasteiger partial charge on any atom is -0.350 e. The van der Waals surface area contributed by atoms with Gasteiger partial charge in [0.2, 0.25) is 0 Å². The summed E-state index contributed by atoms with van der Waals surface area (Å²) >= 11 is 1.27. The lowest BCUT2D eigenvalue weighted by atomic mass is 10.1. The summed E-state index contributed by atoms with van der Waals surface area (Å²) in [6, 6.07) is 13.3. The van der Waals surface area contributed by atoms with Gasteiger partial charge in [-0.1, -0.05) is 24.3 Å². The molecule has 31 heavy (non-hydrogen) atoms. The number of amides is 2. The molecule has 158 valence electrons. The molecule has 3 aromatic rings. The van der Waals surface area contributed by atoms with Crippen LogP contribution in [0.25, 0.3) is 5.57 Å². The largest absolute Gasteiger partial charge is 0.416 e. The van der Waals surface area contributed by atoms with E-state index in [9.17, 15) is 22.8 Å². The second-order valence-corrected chi connectivity index (χ2v) is 8.04. The summed E-state index contributed by atoms with van der Waals surface area (Å²) < 4.78 is 39.4. The molecule has 1 aliphatic heterocycles. The van der Waals surface area contributed by atoms with Gasteiger partial charge < -0.3 is 5.32 Å². The van der Waals surface area contributed by atoms with Crippen LogP contribution in [0, 0.1) is 13.8 Å². The molecule has 1 aliphatic rings. The van der Waals surface area contributed by atoms with Crippen LogP contribution in [-0.4, -0.2) is 11.8 Å². The molecule has 0 atom stereocenters. The Labute approximate surface area is 180 Å². The van der Waals surface area contributed by atoms with Crippen LogP contribution in [0.5, 0.6) is 0 Å². The van der Waals surface area contributed by atoms with Crippen molar-refractivity contribution in [2.45, 2.75) is 20.0 Å². The highest BCUT2D eigenvalue weighted by Crippen LogP contribution is 2.38. The normalized spacial score (nSPS) is 14.5. The smallest absolute Gasteiger partial charge is 0.350 e. The summed E-state index contributed by atoms with van der Waals surface area (Å²) in [5.41, 5.74) is 1.45. The second kappa shape index (κ2) is 7.70. The van der Waals surface area contributed by atoms with Crippen molar-refractivity contribution in [2.75, 3.05) is 10.2 Å². The molecule has 0 saturated carbocycles. The van der Waals surface area contributed by atoms with Crippen molar-refractivity contribution < 1.29 is 22.8 Å². The monoisotopic (exact) mass is 442 g/mol. The zero-order valence-electron chi connectivity index (χ0n) is 16.6. The molecule has 8 heteroatoms. The van der Waals surface area contributed by atoms with Gasteiger partial charge in [-0.3, -0.25) is 9.59 Å². The van der Waals surface area contributed by atoms with E-state index in [1.165, 1.54) is 23.5 Å². The summed E-state index contributed by atoms with van der Waals surface area (Å²) in [7, 11) is 0. The number of anilines is 2. The average molecular weight is 442 g/mol. The molecule has 0 bridgehead atoms. The van der Waals surface area contributed by atoms with E-state index in [4.69, 9.17) is 0 Å². The van der Waals surface area contributed by atoms with Crippen molar-refractivity contribution in [2.24, 2.45) is 0 Å². The van der Waals surface area contributed by atoms with Gasteiger partial charge in [-0.2, -0.15) is 13.2 Å². The number of carbonyl (C=O) groups excluding carboxylic acids is 2. The fraction of sp³-hybridized carbons (Fsp3) is 0.130. The van der Waals surface area contributed by atoms with Crippen molar-refractivity contribution in [3.8, 4) is 0 Å². The SMILES string of the molecule is Cc1cccc(N2C(=O)C(Nc3cccc(C(F)(F)F)c3)=C(c3cccs3)C2=O)c1C. The van der Waals surface area contributed by atoms with Crippen LogP contribution in [0.1, 0.15) is 21.6 Å². The first-order valence-electron chi connectivity index (χ1n) is 9.36. The van der Waals surface area contributed by atoms with Crippen LogP contribution in [0.15, 0.2) is 65.7 Å². The van der Waals surface area contributed by atoms with Gasteiger partial charge in [-0.15, -0.1) is 11.3 Å². The van der Waals surface area contributed by atoms with E-state index >= 15 is 0 Å². The summed E-state index contributed by atoms with van der Waals surface area (Å²) in [6.45, 7) is 3.69. The fourth-order valence-corrected chi connectivity index (χ4v) is 4.18. The lowest BCUT2D eigenvalue weighted by molar-refractivity contribution is -0.137. The number of carbonyl (C=O) groups is 2. The van der Waals surface area contributed by atoms with Crippen LogP contribution in [-0.2, 0) is 15.8 Å². The first-order chi connectivity index (χ1) is 14.7. The molecular weight excluding hydrogens is 425 g/mol. The standard InChI is InChI=1S/C23H17F3N2O2S/c1-13-6-3-9-17(14(13)2)28-21(29)19(18-10-5-11-31-18)20(22(28)30)27-16-8-4-7-15(12-16)23(24,25)26/h3-12,27H,1-2H3. The Hall–Kier alpha value is -3.39. The van der Waals surface area contributed by atoms with Crippen LogP contribution in [0.3, 0.4) is 0 Å². The molecule has 1 aromatic heterocycles. The predicted molar refractivity (Wildman–Crippen MR) is 115 cm³/mol. The second-order valence-electron chi connectivity index (χ2n) is 7.10. The number of rotatable bonds is 4. The third-order valence-corrected chi connectivity index (χ3v) is 6.02. The van der Waals surface area contributed by atoms with Crippen molar-refractivity contribution in [1.82, 2.24) is 0 Å². The Morgan fingerprint density at radius 2 is 1.68 bits per heavy atom. The Balaban J connectivity index is 1.81. The summed E-state index contributed by atoms with van der Waals surface area (Å²) in [5, 5.41) is 4.55. The van der Waals surface area contributed by atoms with E-state index in [1.54, 1.807) is 29.6 Å². The van der Waals surface area contributed by atoms with E-state index in [0.29, 0.717) is 10.6 Å². The van der Waals surface area contributed by atoms with Crippen LogP contribution < -0.4 is 10.2 Å². The molecule has 4 rings (SSSR count). The van der Waals surface area contributed by atoms with E-state index in [0.717, 1.165) is 28.2 Å². The summed E-state index contributed by atoms with van der Waals surface area (Å²) in [4.78, 5) is 28.3. The highest BCUT2D eigenvalue weighted by Gasteiger charge is 2.41. The molecule has 2 heterocycles. The maximum atomic E-state index is 13.3. The van der Waals surface area contributed by atoms with Crippen LogP contribution >= 0.6 is 11.3 Å². The zero-order valence-corrected chi connectivity index (χ0v) is 17.4. The fourth-order valence-electron chi connectivity index (χ4n) is 3.41. The minimum absolute atomic E-state index is 0.0484. The van der Waals surface area contributed by atoms with Gasteiger partial charge >= 0.3 is 6.18 Å². The Kier molecular flexibility index (Phi) is 5.18. The molecule has 0 saturated heterocycles. The van der Waals surface area contributed by atoms with Crippen molar-refractivity contribution in [3.05, 3.63) is 87.2 Å². The van der Waals surface area contributed by atoms with Crippen molar-refractivity contribution >= 4 is 40.1 Å². The van der Waals surface area contributed by atoms with Crippen LogP contribution in [0.2, 0.25) is 0 Å². The molecule has 0 spiro atoms. The highest BCUT2D eigenvalue weighted by atomic mass is 32.1. The first-order valence-corrected chi connectivity index (χ1v) is 10.2. The van der Waals surface area contributed by atoms with Gasteiger partial charge in [0, 0.05) is 10.6 Å². The molecule has 2 aromatic carbocycles. The number of hydrogen-bond donors (Lipinski definition) is 1. The number of nitrogens with one attached hydrogen (secondary N) is 1. The van der Waals surface area contributed by atoms with E-state index in [-0.39, 0.29) is 17.0 Å². The Morgan fingerprint density at radius 1 is 0.935 bits per heavy atom. The predicted octanol–water partition coefficient (Wildman–Crippen LogP) is 5.78. The number of halogens is 3. The maximum absolute atomic E-state index is 13.3. The highest BCUT2D eigenvalue weighted by molar-refractivity contribution is 7.11. The van der Waals surface area contributed by atoms with E-state index < -0.39 is 23.6 Å². The number of hydrogen-bond acceptors (Lipinski definition) is 4. The molecule has 4 nitrogen and oxygen atoms in total. The number of aryl methyl sites for hydroxylation is 1. The Bertz CT molecular complexity index is 1210. The lowest BCUT2D eigenvalue weighted by Crippen LogP contribution is -2.33. The third kappa shape index (κ3) is 3.74.